The van der Waals surface area contributed by atoms with Crippen molar-refractivity contribution < 1.29 is 32.3 Å². The van der Waals surface area contributed by atoms with Crippen LogP contribution in [0.2, 0.25) is 0 Å². The highest BCUT2D eigenvalue weighted by Gasteiger charge is 2.34. The van der Waals surface area contributed by atoms with Gasteiger partial charge in [-0.1, -0.05) is 18.2 Å². The lowest BCUT2D eigenvalue weighted by Gasteiger charge is -2.36. The van der Waals surface area contributed by atoms with E-state index in [-0.39, 0.29) is 29.8 Å². The van der Waals surface area contributed by atoms with Crippen LogP contribution in [0.1, 0.15) is 91.6 Å². The molecule has 58 heavy (non-hydrogen) atoms. The maximum atomic E-state index is 13.3. The Morgan fingerprint density at radius 1 is 0.966 bits per heavy atom. The van der Waals surface area contributed by atoms with Crippen molar-refractivity contribution >= 4 is 45.3 Å². The third kappa shape index (κ3) is 7.98. The number of alkyl halides is 3. The number of amides is 3. The highest BCUT2D eigenvalue weighted by atomic mass is 19.4. The highest BCUT2D eigenvalue weighted by molar-refractivity contribution is 6.05. The van der Waals surface area contributed by atoms with Gasteiger partial charge in [-0.05, 0) is 113 Å². The molecule has 306 valence electrons. The Kier molecular flexibility index (Phi) is 10.9. The normalized spacial score (nSPS) is 21.1. The van der Waals surface area contributed by atoms with Crippen molar-refractivity contribution in [1.82, 2.24) is 34.1 Å². The molecule has 3 aliphatic rings. The predicted molar refractivity (Wildman–Crippen MR) is 211 cm³/mol. The van der Waals surface area contributed by atoms with Crippen LogP contribution in [0.4, 0.5) is 18.9 Å². The minimum absolute atomic E-state index is 0.213. The molecule has 0 spiro atoms. The number of nitrogens with zero attached hydrogens (tertiary/aromatic N) is 6. The molecule has 0 radical (unpaired) electrons. The lowest BCUT2D eigenvalue weighted by molar-refractivity contribution is -0.141. The molecule has 1 saturated carbocycles. The van der Waals surface area contributed by atoms with Gasteiger partial charge in [0.2, 0.25) is 11.8 Å². The number of fused-ring (bicyclic) bond motifs is 2. The number of rotatable bonds is 10. The summed E-state index contributed by atoms with van der Waals surface area (Å²) < 4.78 is 50.2. The molecule has 2 aromatic carbocycles. The number of hydrogen-bond acceptors (Lipinski definition) is 8. The third-order valence-corrected chi connectivity index (χ3v) is 12.3. The van der Waals surface area contributed by atoms with E-state index < -0.39 is 29.7 Å². The Morgan fingerprint density at radius 2 is 1.72 bits per heavy atom. The first-order valence-electron chi connectivity index (χ1n) is 20.0. The molecule has 1 aliphatic carbocycles. The summed E-state index contributed by atoms with van der Waals surface area (Å²) in [6.07, 6.45) is 6.13. The van der Waals surface area contributed by atoms with Crippen molar-refractivity contribution in [3.8, 4) is 5.75 Å². The number of likely N-dealkylation sites (tertiary alicyclic amines) is 1. The second kappa shape index (κ2) is 16.0. The number of methoxy groups -OCH3 is 1. The van der Waals surface area contributed by atoms with Crippen molar-refractivity contribution in [3.05, 3.63) is 82.2 Å². The summed E-state index contributed by atoms with van der Waals surface area (Å²) in [7, 11) is 3.21. The van der Waals surface area contributed by atoms with Crippen LogP contribution < -0.4 is 21.1 Å². The van der Waals surface area contributed by atoms with Crippen LogP contribution >= 0.6 is 0 Å². The van der Waals surface area contributed by atoms with Crippen LogP contribution in [0, 0.1) is 11.8 Å². The van der Waals surface area contributed by atoms with Gasteiger partial charge in [0, 0.05) is 37.7 Å². The maximum absolute atomic E-state index is 13.3. The minimum atomic E-state index is -4.67. The second-order valence-corrected chi connectivity index (χ2v) is 16.0. The number of nitrogens with one attached hydrogen (secondary N) is 2. The van der Waals surface area contributed by atoms with Crippen LogP contribution in [0.3, 0.4) is 0 Å². The van der Waals surface area contributed by atoms with Gasteiger partial charge in [0.05, 0.1) is 35.4 Å². The van der Waals surface area contributed by atoms with Gasteiger partial charge < -0.3 is 15.0 Å². The van der Waals surface area contributed by atoms with Crippen molar-refractivity contribution in [2.45, 2.75) is 82.5 Å². The summed E-state index contributed by atoms with van der Waals surface area (Å²) in [5.41, 5.74) is 1.98. The number of piperidine rings is 2. The van der Waals surface area contributed by atoms with E-state index in [0.29, 0.717) is 35.2 Å². The first kappa shape index (κ1) is 39.3. The van der Waals surface area contributed by atoms with E-state index in [2.05, 4.69) is 26.6 Å². The number of halogens is 3. The van der Waals surface area contributed by atoms with Gasteiger partial charge >= 0.3 is 11.9 Å². The van der Waals surface area contributed by atoms with Crippen molar-refractivity contribution in [2.24, 2.45) is 18.9 Å². The van der Waals surface area contributed by atoms with Crippen LogP contribution in [0.25, 0.3) is 21.9 Å². The van der Waals surface area contributed by atoms with Crippen molar-refractivity contribution in [3.63, 3.8) is 0 Å². The number of pyridine rings is 1. The second-order valence-electron chi connectivity index (χ2n) is 16.0. The summed E-state index contributed by atoms with van der Waals surface area (Å²) in [4.78, 5) is 56.7. The van der Waals surface area contributed by atoms with Gasteiger partial charge in [-0.2, -0.15) is 18.3 Å². The minimum Gasteiger partial charge on any atom is -0.494 e. The van der Waals surface area contributed by atoms with E-state index in [1.54, 1.807) is 28.3 Å². The van der Waals surface area contributed by atoms with E-state index in [4.69, 9.17) is 9.84 Å². The summed E-state index contributed by atoms with van der Waals surface area (Å²) in [6, 6.07) is 12.1. The smallest absolute Gasteiger partial charge is 0.433 e. The highest BCUT2D eigenvalue weighted by Crippen LogP contribution is 2.37. The van der Waals surface area contributed by atoms with Gasteiger partial charge in [-0.3, -0.25) is 33.5 Å². The lowest BCUT2D eigenvalue weighted by Crippen LogP contribution is -2.44. The number of carbonyl (C=O) groups is 3. The average molecular weight is 801 g/mol. The molecule has 2 saturated heterocycles. The molecule has 3 aromatic heterocycles. The van der Waals surface area contributed by atoms with Crippen LogP contribution in [-0.4, -0.2) is 73.3 Å². The number of aryl methyl sites for hydroxylation is 2. The van der Waals surface area contributed by atoms with Gasteiger partial charge in [0.1, 0.15) is 23.2 Å². The molecule has 0 bridgehead atoms. The zero-order chi connectivity index (χ0) is 40.7. The predicted octanol–water partition coefficient (Wildman–Crippen LogP) is 6.42. The molecular formula is C42H47F3N8O5. The fourth-order valence-electron chi connectivity index (χ4n) is 9.16. The van der Waals surface area contributed by atoms with E-state index in [1.807, 2.05) is 23.0 Å². The quantitative estimate of drug-likeness (QED) is 0.154. The topological polar surface area (TPSA) is 145 Å². The molecule has 2 N–H and O–H groups in total. The number of ether oxygens (including phenoxy) is 1. The molecule has 16 heteroatoms. The molecule has 13 nitrogen and oxygen atoms in total. The summed E-state index contributed by atoms with van der Waals surface area (Å²) >= 11 is 0. The standard InChI is InChI=1S/C42H47F3N8O5/c1-50-38-27(5-3-7-33(38)53(41(50)57)34-15-16-37(54)48-40(34)56)12-9-25-17-19-51(20-18-25)23-26-10-13-29(14-11-26)52-24-28-21-32(35(58-2)22-31(28)49-52)47-39(55)30-6-4-8-36(46-30)42(43,44)45/h3-8,21-22,24-26,29,34H,9-20,23H2,1-2H3,(H,47,55)(H,48,54,56)/t26-,29-,34?. The molecule has 3 amide bonds. The Morgan fingerprint density at radius 3 is 2.45 bits per heavy atom. The van der Waals surface area contributed by atoms with Crippen molar-refractivity contribution in [1.29, 1.82) is 0 Å². The molecule has 3 fully saturated rings. The number of anilines is 1. The first-order valence-corrected chi connectivity index (χ1v) is 20.0. The van der Waals surface area contributed by atoms with Crippen LogP contribution in [0.15, 0.2) is 59.5 Å². The van der Waals surface area contributed by atoms with Crippen molar-refractivity contribution in [2.75, 3.05) is 32.1 Å². The van der Waals surface area contributed by atoms with Gasteiger partial charge in [-0.15, -0.1) is 0 Å². The Labute approximate surface area is 332 Å². The molecule has 2 aliphatic heterocycles. The maximum Gasteiger partial charge on any atom is 0.433 e. The molecule has 1 atom stereocenters. The van der Waals surface area contributed by atoms with Gasteiger partial charge in [0.25, 0.3) is 5.91 Å². The zero-order valence-electron chi connectivity index (χ0n) is 32.6. The van der Waals surface area contributed by atoms with E-state index in [9.17, 15) is 32.3 Å². The van der Waals surface area contributed by atoms with Gasteiger partial charge in [-0.25, -0.2) is 9.78 Å². The molecule has 1 unspecified atom stereocenters. The molecule has 5 heterocycles. The fourth-order valence-corrected chi connectivity index (χ4v) is 9.16. The average Bonchev–Trinajstić information content (AvgIpc) is 3.74. The fraction of sp³-hybridized carbons (Fsp3) is 0.476. The molecule has 8 rings (SSSR count). The Balaban J connectivity index is 0.828. The Bertz CT molecular complexity index is 2420. The van der Waals surface area contributed by atoms with E-state index in [0.717, 1.165) is 105 Å². The molecular weight excluding hydrogens is 754 g/mol. The zero-order valence-corrected chi connectivity index (χ0v) is 32.6. The summed E-state index contributed by atoms with van der Waals surface area (Å²) in [5.74, 6) is 0.0406. The monoisotopic (exact) mass is 800 g/mol. The van der Waals surface area contributed by atoms with Gasteiger partial charge in [0.15, 0.2) is 0 Å². The summed E-state index contributed by atoms with van der Waals surface area (Å²) in [6.45, 7) is 3.21. The third-order valence-electron chi connectivity index (χ3n) is 12.3. The van der Waals surface area contributed by atoms with E-state index >= 15 is 0 Å². The largest absolute Gasteiger partial charge is 0.494 e. The summed E-state index contributed by atoms with van der Waals surface area (Å²) in [5, 5.41) is 10.7. The SMILES string of the molecule is COc1cc2nn([C@H]3CC[C@H](CN4CCC(CCc5cccc6c5n(C)c(=O)n6C5CCC(=O)NC5=O)CC4)CC3)cc2cc1NC(=O)c1cccc(C(F)(F)F)n1. The number of para-hydroxylation sites is 1. The number of imide groups is 1. The Hall–Kier alpha value is -5.51. The number of carbonyl (C=O) groups excluding carboxylic acids is 3. The number of hydrogen-bond donors (Lipinski definition) is 2. The van der Waals surface area contributed by atoms with E-state index in [1.165, 1.54) is 13.2 Å². The first-order chi connectivity index (χ1) is 27.9. The number of imidazole rings is 1. The number of aromatic nitrogens is 5. The molecule has 5 aromatic rings. The lowest BCUT2D eigenvalue weighted by atomic mass is 9.84. The van der Waals surface area contributed by atoms with Crippen LogP contribution in [0.5, 0.6) is 5.75 Å². The number of benzene rings is 2. The van der Waals surface area contributed by atoms with Crippen LogP contribution in [-0.2, 0) is 29.2 Å².